The standard InChI is InChI=1S/C10H12BrNS/c1-3-4-6-12-8(2)10-9(11)5-7-13-10/h1,5,7-8,12H,4,6H2,2H3. The lowest BCUT2D eigenvalue weighted by molar-refractivity contribution is 0.591. The molecule has 70 valence electrons. The molecule has 1 atom stereocenters. The van der Waals surface area contributed by atoms with Gasteiger partial charge >= 0.3 is 0 Å². The van der Waals surface area contributed by atoms with Gasteiger partial charge in [-0.05, 0) is 34.3 Å². The topological polar surface area (TPSA) is 12.0 Å². The van der Waals surface area contributed by atoms with Crippen molar-refractivity contribution in [3.63, 3.8) is 0 Å². The summed E-state index contributed by atoms with van der Waals surface area (Å²) in [6, 6.07) is 2.45. The number of halogens is 1. The molecular weight excluding hydrogens is 246 g/mol. The monoisotopic (exact) mass is 257 g/mol. The van der Waals surface area contributed by atoms with Crippen LogP contribution in [-0.2, 0) is 0 Å². The maximum absolute atomic E-state index is 5.17. The molecule has 0 fully saturated rings. The molecule has 0 radical (unpaired) electrons. The van der Waals surface area contributed by atoms with E-state index in [0.29, 0.717) is 6.04 Å². The van der Waals surface area contributed by atoms with Crippen molar-refractivity contribution in [1.82, 2.24) is 5.32 Å². The summed E-state index contributed by atoms with van der Waals surface area (Å²) in [5, 5.41) is 5.45. The number of nitrogens with one attached hydrogen (secondary N) is 1. The van der Waals surface area contributed by atoms with E-state index in [4.69, 9.17) is 6.42 Å². The molecule has 0 aromatic carbocycles. The minimum atomic E-state index is 0.378. The van der Waals surface area contributed by atoms with Gasteiger partial charge in [0.15, 0.2) is 0 Å². The molecule has 0 aliphatic rings. The van der Waals surface area contributed by atoms with Crippen LogP contribution in [0.4, 0.5) is 0 Å². The third-order valence-corrected chi connectivity index (χ3v) is 3.81. The highest BCUT2D eigenvalue weighted by Crippen LogP contribution is 2.28. The van der Waals surface area contributed by atoms with E-state index in [0.717, 1.165) is 13.0 Å². The van der Waals surface area contributed by atoms with Gasteiger partial charge in [-0.3, -0.25) is 0 Å². The van der Waals surface area contributed by atoms with Gasteiger partial charge in [0.05, 0.1) is 0 Å². The number of terminal acetylenes is 1. The summed E-state index contributed by atoms with van der Waals surface area (Å²) in [4.78, 5) is 1.33. The summed E-state index contributed by atoms with van der Waals surface area (Å²) in [5.41, 5.74) is 0. The zero-order valence-corrected chi connectivity index (χ0v) is 9.91. The Morgan fingerprint density at radius 1 is 1.77 bits per heavy atom. The molecule has 1 N–H and O–H groups in total. The number of thiophene rings is 1. The first kappa shape index (κ1) is 10.8. The van der Waals surface area contributed by atoms with Crippen LogP contribution in [0.15, 0.2) is 15.9 Å². The summed E-state index contributed by atoms with van der Waals surface area (Å²) < 4.78 is 1.18. The fourth-order valence-corrected chi connectivity index (χ4v) is 2.82. The Labute approximate surface area is 91.7 Å². The van der Waals surface area contributed by atoms with E-state index in [1.165, 1.54) is 9.35 Å². The van der Waals surface area contributed by atoms with Gasteiger partial charge in [-0.1, -0.05) is 0 Å². The average Bonchev–Trinajstić information content (AvgIpc) is 2.52. The third-order valence-electron chi connectivity index (χ3n) is 1.76. The van der Waals surface area contributed by atoms with Crippen LogP contribution >= 0.6 is 27.3 Å². The van der Waals surface area contributed by atoms with Gasteiger partial charge in [0.1, 0.15) is 0 Å². The number of hydrogen-bond donors (Lipinski definition) is 1. The summed E-state index contributed by atoms with van der Waals surface area (Å²) in [6.45, 7) is 3.02. The van der Waals surface area contributed by atoms with Crippen LogP contribution in [0.5, 0.6) is 0 Å². The first-order valence-corrected chi connectivity index (χ1v) is 5.82. The fraction of sp³-hybridized carbons (Fsp3) is 0.400. The Balaban J connectivity index is 2.45. The minimum Gasteiger partial charge on any atom is -0.308 e. The van der Waals surface area contributed by atoms with Crippen LogP contribution in [-0.4, -0.2) is 6.54 Å². The van der Waals surface area contributed by atoms with E-state index in [2.05, 4.69) is 45.5 Å². The predicted molar refractivity (Wildman–Crippen MR) is 61.9 cm³/mol. The van der Waals surface area contributed by atoms with E-state index in [1.54, 1.807) is 11.3 Å². The quantitative estimate of drug-likeness (QED) is 0.646. The Hall–Kier alpha value is -0.300. The second-order valence-corrected chi connectivity index (χ2v) is 4.56. The van der Waals surface area contributed by atoms with Crippen LogP contribution in [0.2, 0.25) is 0 Å². The van der Waals surface area contributed by atoms with E-state index in [9.17, 15) is 0 Å². The lowest BCUT2D eigenvalue weighted by Gasteiger charge is -2.11. The fourth-order valence-electron chi connectivity index (χ4n) is 1.07. The molecule has 3 heteroatoms. The SMILES string of the molecule is C#CCCNC(C)c1sccc1Br. The van der Waals surface area contributed by atoms with Crippen LogP contribution in [0, 0.1) is 12.3 Å². The van der Waals surface area contributed by atoms with Gasteiger partial charge in [0.25, 0.3) is 0 Å². The predicted octanol–water partition coefficient (Wildman–Crippen LogP) is 3.18. The van der Waals surface area contributed by atoms with Crippen molar-refractivity contribution in [3.05, 3.63) is 20.8 Å². The first-order valence-electron chi connectivity index (χ1n) is 4.15. The zero-order chi connectivity index (χ0) is 9.68. The smallest absolute Gasteiger partial charge is 0.0397 e. The lowest BCUT2D eigenvalue weighted by Crippen LogP contribution is -2.18. The lowest BCUT2D eigenvalue weighted by atomic mass is 10.2. The van der Waals surface area contributed by atoms with Crippen molar-refractivity contribution in [1.29, 1.82) is 0 Å². The Morgan fingerprint density at radius 3 is 3.08 bits per heavy atom. The number of rotatable bonds is 4. The second kappa shape index (κ2) is 5.43. The first-order chi connectivity index (χ1) is 6.25. The maximum atomic E-state index is 5.17. The van der Waals surface area contributed by atoms with E-state index in [-0.39, 0.29) is 0 Å². The van der Waals surface area contributed by atoms with Crippen LogP contribution in [0.25, 0.3) is 0 Å². The van der Waals surface area contributed by atoms with Gasteiger partial charge in [0.2, 0.25) is 0 Å². The van der Waals surface area contributed by atoms with Crippen molar-refractivity contribution in [2.24, 2.45) is 0 Å². The van der Waals surface area contributed by atoms with E-state index < -0.39 is 0 Å². The molecule has 0 bridgehead atoms. The van der Waals surface area contributed by atoms with Gasteiger partial charge in [-0.25, -0.2) is 0 Å². The van der Waals surface area contributed by atoms with E-state index in [1.807, 2.05) is 0 Å². The van der Waals surface area contributed by atoms with Crippen molar-refractivity contribution in [2.75, 3.05) is 6.54 Å². The summed E-state index contributed by atoms with van der Waals surface area (Å²) in [7, 11) is 0. The van der Waals surface area contributed by atoms with Gasteiger partial charge < -0.3 is 5.32 Å². The normalized spacial score (nSPS) is 12.4. The second-order valence-electron chi connectivity index (χ2n) is 2.76. The van der Waals surface area contributed by atoms with Gasteiger partial charge in [-0.2, -0.15) is 0 Å². The molecule has 1 aromatic rings. The highest BCUT2D eigenvalue weighted by atomic mass is 79.9. The molecule has 0 spiro atoms. The van der Waals surface area contributed by atoms with Crippen molar-refractivity contribution in [3.8, 4) is 12.3 Å². The molecule has 0 saturated carbocycles. The third kappa shape index (κ3) is 3.15. The molecule has 0 aliphatic heterocycles. The molecule has 1 nitrogen and oxygen atoms in total. The van der Waals surface area contributed by atoms with Crippen molar-refractivity contribution < 1.29 is 0 Å². The minimum absolute atomic E-state index is 0.378. The molecule has 1 unspecified atom stereocenters. The Bertz CT molecular complexity index is 300. The van der Waals surface area contributed by atoms with Crippen LogP contribution in [0.3, 0.4) is 0 Å². The van der Waals surface area contributed by atoms with Crippen LogP contribution in [0.1, 0.15) is 24.3 Å². The summed E-state index contributed by atoms with van der Waals surface area (Å²) in [6.07, 6.45) is 5.95. The highest BCUT2D eigenvalue weighted by molar-refractivity contribution is 9.10. The van der Waals surface area contributed by atoms with Crippen molar-refractivity contribution >= 4 is 27.3 Å². The molecule has 0 saturated heterocycles. The van der Waals surface area contributed by atoms with Crippen LogP contribution < -0.4 is 5.32 Å². The van der Waals surface area contributed by atoms with Gasteiger partial charge in [-0.15, -0.1) is 23.7 Å². The molecule has 13 heavy (non-hydrogen) atoms. The Morgan fingerprint density at radius 2 is 2.54 bits per heavy atom. The molecule has 1 aromatic heterocycles. The maximum Gasteiger partial charge on any atom is 0.0397 e. The molecule has 1 heterocycles. The van der Waals surface area contributed by atoms with E-state index >= 15 is 0 Å². The number of hydrogen-bond acceptors (Lipinski definition) is 2. The Kier molecular flexibility index (Phi) is 4.51. The summed E-state index contributed by atoms with van der Waals surface area (Å²) in [5.74, 6) is 2.61. The average molecular weight is 258 g/mol. The zero-order valence-electron chi connectivity index (χ0n) is 7.51. The summed E-state index contributed by atoms with van der Waals surface area (Å²) >= 11 is 5.26. The van der Waals surface area contributed by atoms with Gasteiger partial charge in [0, 0.05) is 28.4 Å². The molecule has 0 amide bonds. The van der Waals surface area contributed by atoms with Crippen molar-refractivity contribution in [2.45, 2.75) is 19.4 Å². The largest absolute Gasteiger partial charge is 0.308 e. The molecule has 0 aliphatic carbocycles. The highest BCUT2D eigenvalue weighted by Gasteiger charge is 2.08. The molecular formula is C10H12BrNS. The molecule has 1 rings (SSSR count).